The average molecular weight is 480 g/mol. The first-order chi connectivity index (χ1) is 11.4. The highest BCUT2D eigenvalue weighted by Gasteiger charge is 2.28. The number of halogens is 3. The number of benzene rings is 1. The van der Waals surface area contributed by atoms with Crippen LogP contribution in [0.3, 0.4) is 0 Å². The van der Waals surface area contributed by atoms with Crippen LogP contribution in [0.15, 0.2) is 6.07 Å². The summed E-state index contributed by atoms with van der Waals surface area (Å²) in [7, 11) is 0. The number of ether oxygens (including phenoxy) is 1. The maximum atomic E-state index is 10.9. The Morgan fingerprint density at radius 1 is 1.58 bits per heavy atom. The molecule has 1 aromatic carbocycles. The minimum absolute atomic E-state index is 0.0904. The molecule has 0 radical (unpaired) electrons. The Balaban J connectivity index is 2.18. The van der Waals surface area contributed by atoms with Gasteiger partial charge in [0.25, 0.3) is 0 Å². The first kappa shape index (κ1) is 17.5. The molecule has 0 bridgehead atoms. The molecule has 6 nitrogen and oxygen atoms in total. The van der Waals surface area contributed by atoms with Gasteiger partial charge >= 0.3 is 6.09 Å². The van der Waals surface area contributed by atoms with Crippen molar-refractivity contribution < 1.29 is 14.6 Å². The molecule has 126 valence electrons. The lowest BCUT2D eigenvalue weighted by Crippen LogP contribution is -2.40. The molecule has 1 unspecified atom stereocenters. The molecule has 2 heterocycles. The molecule has 1 aliphatic rings. The number of rotatable bonds is 3. The SMILES string of the molecule is N#CCOc1cc(Cl)c(Cl)c2c1c(I)c1n2CC(NC(=O)O)CC1. The van der Waals surface area contributed by atoms with Gasteiger partial charge in [-0.1, -0.05) is 23.2 Å². The summed E-state index contributed by atoms with van der Waals surface area (Å²) < 4.78 is 8.51. The van der Waals surface area contributed by atoms with Crippen LogP contribution in [-0.4, -0.2) is 28.4 Å². The molecular weight excluding hydrogens is 468 g/mol. The van der Waals surface area contributed by atoms with Gasteiger partial charge in [0.1, 0.15) is 11.8 Å². The quantitative estimate of drug-likeness (QED) is 0.650. The van der Waals surface area contributed by atoms with Crippen LogP contribution in [0.1, 0.15) is 12.1 Å². The topological polar surface area (TPSA) is 87.3 Å². The van der Waals surface area contributed by atoms with Crippen molar-refractivity contribution >= 4 is 62.8 Å². The third-order valence-corrected chi connectivity index (χ3v) is 5.92. The number of hydrogen-bond donors (Lipinski definition) is 2. The molecule has 9 heteroatoms. The van der Waals surface area contributed by atoms with Crippen molar-refractivity contribution in [1.82, 2.24) is 9.88 Å². The number of nitriles is 1. The average Bonchev–Trinajstić information content (AvgIpc) is 2.82. The summed E-state index contributed by atoms with van der Waals surface area (Å²) in [4.78, 5) is 10.9. The lowest BCUT2D eigenvalue weighted by Gasteiger charge is -2.25. The van der Waals surface area contributed by atoms with E-state index in [-0.39, 0.29) is 12.6 Å². The number of aromatic nitrogens is 1. The number of hydrogen-bond acceptors (Lipinski definition) is 3. The second-order valence-electron chi connectivity index (χ2n) is 5.40. The zero-order valence-corrected chi connectivity index (χ0v) is 15.9. The normalized spacial score (nSPS) is 16.5. The number of nitrogens with one attached hydrogen (secondary N) is 1. The number of amides is 1. The van der Waals surface area contributed by atoms with Crippen LogP contribution < -0.4 is 10.1 Å². The van der Waals surface area contributed by atoms with Crippen molar-refractivity contribution in [1.29, 1.82) is 5.26 Å². The maximum Gasteiger partial charge on any atom is 0.404 e. The summed E-state index contributed by atoms with van der Waals surface area (Å²) in [5.41, 5.74) is 1.79. The van der Waals surface area contributed by atoms with Crippen molar-refractivity contribution in [2.24, 2.45) is 0 Å². The number of nitrogens with zero attached hydrogens (tertiary/aromatic N) is 2. The van der Waals surface area contributed by atoms with E-state index in [1.54, 1.807) is 6.07 Å². The van der Waals surface area contributed by atoms with Gasteiger partial charge in [0.15, 0.2) is 6.61 Å². The molecule has 1 atom stereocenters. The zero-order valence-electron chi connectivity index (χ0n) is 12.3. The third kappa shape index (κ3) is 2.98. The fourth-order valence-electron chi connectivity index (χ4n) is 3.04. The molecule has 2 aromatic rings. The fourth-order valence-corrected chi connectivity index (χ4v) is 4.56. The summed E-state index contributed by atoms with van der Waals surface area (Å²) in [5.74, 6) is 0.509. The summed E-state index contributed by atoms with van der Waals surface area (Å²) in [6, 6.07) is 3.36. The Bertz CT molecular complexity index is 875. The summed E-state index contributed by atoms with van der Waals surface area (Å²) >= 11 is 14.9. The maximum absolute atomic E-state index is 10.9. The van der Waals surface area contributed by atoms with E-state index < -0.39 is 6.09 Å². The van der Waals surface area contributed by atoms with Crippen LogP contribution in [0.2, 0.25) is 10.0 Å². The van der Waals surface area contributed by atoms with Crippen molar-refractivity contribution in [3.05, 3.63) is 25.4 Å². The highest BCUT2D eigenvalue weighted by Crippen LogP contribution is 2.44. The summed E-state index contributed by atoms with van der Waals surface area (Å²) in [6.07, 6.45) is 0.374. The number of fused-ring (bicyclic) bond motifs is 3. The molecule has 0 saturated heterocycles. The Hall–Kier alpha value is -1.37. The Kier molecular flexibility index (Phi) is 4.99. The molecule has 1 aliphatic heterocycles. The van der Waals surface area contributed by atoms with Gasteiger partial charge in [0.2, 0.25) is 0 Å². The molecular formula is C15H12Cl2IN3O3. The smallest absolute Gasteiger partial charge is 0.404 e. The predicted octanol–water partition coefficient (Wildman–Crippen LogP) is 4.04. The van der Waals surface area contributed by atoms with Gasteiger partial charge in [0, 0.05) is 21.9 Å². The first-order valence-electron chi connectivity index (χ1n) is 7.11. The van der Waals surface area contributed by atoms with E-state index in [1.807, 2.05) is 10.6 Å². The van der Waals surface area contributed by atoms with Crippen molar-refractivity contribution in [3.8, 4) is 11.8 Å². The number of carbonyl (C=O) groups is 1. The van der Waals surface area contributed by atoms with Gasteiger partial charge in [-0.2, -0.15) is 5.26 Å². The van der Waals surface area contributed by atoms with Crippen LogP contribution >= 0.6 is 45.8 Å². The van der Waals surface area contributed by atoms with Crippen molar-refractivity contribution in [2.45, 2.75) is 25.4 Å². The Morgan fingerprint density at radius 3 is 3.00 bits per heavy atom. The summed E-state index contributed by atoms with van der Waals surface area (Å²) in [5, 5.41) is 21.8. The van der Waals surface area contributed by atoms with Gasteiger partial charge in [-0.05, 0) is 35.4 Å². The first-order valence-corrected chi connectivity index (χ1v) is 8.95. The molecule has 1 aromatic heterocycles. The standard InChI is InChI=1S/C15H12Cl2IN3O3/c16-8-5-10(24-4-3-19)11-13(18)9-2-1-7(20-15(22)23)6-21(9)14(11)12(8)17/h5,7,20H,1-2,4,6H2,(H,22,23). The molecule has 0 saturated carbocycles. The monoisotopic (exact) mass is 479 g/mol. The van der Waals surface area contributed by atoms with Gasteiger partial charge in [0.05, 0.1) is 27.0 Å². The van der Waals surface area contributed by atoms with E-state index >= 15 is 0 Å². The predicted molar refractivity (Wildman–Crippen MR) is 99.1 cm³/mol. The van der Waals surface area contributed by atoms with E-state index in [4.69, 9.17) is 38.3 Å². The Morgan fingerprint density at radius 2 is 2.33 bits per heavy atom. The molecule has 0 aliphatic carbocycles. The van der Waals surface area contributed by atoms with E-state index in [0.717, 1.165) is 14.7 Å². The molecule has 1 amide bonds. The molecule has 0 fully saturated rings. The molecule has 24 heavy (non-hydrogen) atoms. The molecule has 0 spiro atoms. The lowest BCUT2D eigenvalue weighted by molar-refractivity contribution is 0.186. The minimum Gasteiger partial charge on any atom is -0.478 e. The lowest BCUT2D eigenvalue weighted by atomic mass is 10.1. The van der Waals surface area contributed by atoms with Crippen molar-refractivity contribution in [3.63, 3.8) is 0 Å². The second-order valence-corrected chi connectivity index (χ2v) is 7.26. The van der Waals surface area contributed by atoms with Crippen LogP contribution in [0, 0.1) is 14.9 Å². The van der Waals surface area contributed by atoms with E-state index in [0.29, 0.717) is 40.7 Å². The van der Waals surface area contributed by atoms with Gasteiger partial charge in [-0.15, -0.1) is 0 Å². The molecule has 2 N–H and O–H groups in total. The largest absolute Gasteiger partial charge is 0.478 e. The summed E-state index contributed by atoms with van der Waals surface area (Å²) in [6.45, 7) is 0.381. The van der Waals surface area contributed by atoms with E-state index in [9.17, 15) is 4.79 Å². The highest BCUT2D eigenvalue weighted by molar-refractivity contribution is 14.1. The van der Waals surface area contributed by atoms with Crippen molar-refractivity contribution in [2.75, 3.05) is 6.61 Å². The van der Waals surface area contributed by atoms with Crippen LogP contribution in [0.5, 0.6) is 5.75 Å². The van der Waals surface area contributed by atoms with Gasteiger partial charge in [-0.3, -0.25) is 0 Å². The van der Waals surface area contributed by atoms with Crippen LogP contribution in [-0.2, 0) is 13.0 Å². The van der Waals surface area contributed by atoms with Gasteiger partial charge in [-0.25, -0.2) is 4.79 Å². The zero-order chi connectivity index (χ0) is 17.4. The van der Waals surface area contributed by atoms with E-state index in [1.165, 1.54) is 0 Å². The Labute approximate surface area is 161 Å². The fraction of sp³-hybridized carbons (Fsp3) is 0.333. The molecule has 3 rings (SSSR count). The van der Waals surface area contributed by atoms with Crippen LogP contribution in [0.25, 0.3) is 10.9 Å². The van der Waals surface area contributed by atoms with Gasteiger partial charge < -0.3 is 19.7 Å². The highest BCUT2D eigenvalue weighted by atomic mass is 127. The second kappa shape index (κ2) is 6.86. The van der Waals surface area contributed by atoms with E-state index in [2.05, 4.69) is 27.9 Å². The minimum atomic E-state index is -1.04. The third-order valence-electron chi connectivity index (χ3n) is 3.98. The number of carboxylic acid groups (broad SMARTS) is 1. The van der Waals surface area contributed by atoms with Crippen LogP contribution in [0.4, 0.5) is 4.79 Å².